The molecule has 2 bridgehead atoms. The highest BCUT2D eigenvalue weighted by molar-refractivity contribution is 7.09. The molecule has 0 saturated heterocycles. The first-order chi connectivity index (χ1) is 21.2. The molecule has 0 aliphatic carbocycles. The number of thiophene rings is 1. The first-order valence-corrected chi connectivity index (χ1v) is 14.9. The van der Waals surface area contributed by atoms with Crippen molar-refractivity contribution in [2.45, 2.75) is 50.2 Å². The van der Waals surface area contributed by atoms with Crippen molar-refractivity contribution in [2.24, 2.45) is 0 Å². The maximum absolute atomic E-state index is 13.3. The van der Waals surface area contributed by atoms with Crippen LogP contribution < -0.4 is 26.6 Å². The Kier molecular flexibility index (Phi) is 11.2. The van der Waals surface area contributed by atoms with Crippen LogP contribution in [0.5, 0.6) is 0 Å². The highest BCUT2D eigenvalue weighted by Crippen LogP contribution is 2.16. The van der Waals surface area contributed by atoms with E-state index in [-0.39, 0.29) is 25.7 Å². The third kappa shape index (κ3) is 9.49. The number of carboxylic acid groups (broad SMARTS) is 1. The summed E-state index contributed by atoms with van der Waals surface area (Å²) in [5.74, 6) is -4.19. The molecule has 0 saturated carbocycles. The van der Waals surface area contributed by atoms with Gasteiger partial charge in [-0.2, -0.15) is 0 Å². The number of hydrogen-bond acceptors (Lipinski definition) is 7. The van der Waals surface area contributed by atoms with Crippen molar-refractivity contribution < 1.29 is 33.9 Å². The Morgan fingerprint density at radius 2 is 1.50 bits per heavy atom. The van der Waals surface area contributed by atoms with Gasteiger partial charge < -0.3 is 31.7 Å². The molecule has 230 valence electrons. The Morgan fingerprint density at radius 3 is 2.18 bits per heavy atom. The maximum atomic E-state index is 13.3. The minimum absolute atomic E-state index is 0.0685. The molecule has 2 aromatic carbocycles. The molecule has 5 rings (SSSR count). The molecule has 13 heteroatoms. The van der Waals surface area contributed by atoms with E-state index in [4.69, 9.17) is 0 Å². The Morgan fingerprint density at radius 1 is 0.773 bits per heavy atom. The monoisotopic (exact) mass is 619 g/mol. The fraction of sp³-hybridized carbons (Fsp3) is 0.290. The first kappa shape index (κ1) is 31.9. The molecular formula is C31H33N5O7S. The predicted octanol–water partition coefficient (Wildman–Crippen LogP) is 1.68. The average molecular weight is 620 g/mol. The van der Waals surface area contributed by atoms with E-state index >= 15 is 0 Å². The summed E-state index contributed by atoms with van der Waals surface area (Å²) in [6.45, 7) is -0.507. The van der Waals surface area contributed by atoms with E-state index in [1.165, 1.54) is 11.3 Å². The molecule has 12 nitrogen and oxygen atoms in total. The van der Waals surface area contributed by atoms with Gasteiger partial charge in [0, 0.05) is 29.8 Å². The van der Waals surface area contributed by atoms with Crippen LogP contribution in [0.25, 0.3) is 0 Å². The van der Waals surface area contributed by atoms with Gasteiger partial charge in [0.25, 0.3) is 0 Å². The van der Waals surface area contributed by atoms with Gasteiger partial charge in [0.2, 0.25) is 29.5 Å². The molecule has 3 heterocycles. The standard InChI is InChI=1S/C31H33N5O7S/c37-25-14-15-26(38)34-24(17-22-7-4-16-44-22)29(40)32-18-27(39)36-28(20-5-2-1-3-6-20)30(41)35-23(31(42)43)13-10-19-8-11-21(33-25)12-9-19/h1-9,11-12,16,23-24,28H,10,13-15,17-18H2,(H,32,40)(H,33,37)(H,34,38)(H,35,41)(H,36,39)(H,42,43)/t23-,24+,28+/m0/s1. The van der Waals surface area contributed by atoms with Crippen molar-refractivity contribution >= 4 is 52.5 Å². The van der Waals surface area contributed by atoms with E-state index in [2.05, 4.69) is 26.6 Å². The molecule has 0 spiro atoms. The second-order valence-corrected chi connectivity index (χ2v) is 11.2. The van der Waals surface area contributed by atoms with Crippen molar-refractivity contribution in [3.63, 3.8) is 0 Å². The van der Waals surface area contributed by atoms with E-state index in [1.807, 2.05) is 17.5 Å². The topological polar surface area (TPSA) is 183 Å². The van der Waals surface area contributed by atoms with Crippen LogP contribution in [0.2, 0.25) is 0 Å². The lowest BCUT2D eigenvalue weighted by atomic mass is 10.0. The number of rotatable bonds is 4. The largest absolute Gasteiger partial charge is 0.480 e. The zero-order valence-corrected chi connectivity index (χ0v) is 24.5. The van der Waals surface area contributed by atoms with Gasteiger partial charge >= 0.3 is 5.97 Å². The molecule has 1 aromatic heterocycles. The number of carbonyl (C=O) groups excluding carboxylic acids is 5. The van der Waals surface area contributed by atoms with E-state index in [0.717, 1.165) is 10.4 Å². The Hall–Kier alpha value is -5.04. The summed E-state index contributed by atoms with van der Waals surface area (Å²) in [4.78, 5) is 77.5. The lowest BCUT2D eigenvalue weighted by molar-refractivity contribution is -0.142. The first-order valence-electron chi connectivity index (χ1n) is 14.0. The van der Waals surface area contributed by atoms with Gasteiger partial charge in [0.15, 0.2) is 0 Å². The molecule has 3 atom stereocenters. The van der Waals surface area contributed by atoms with Gasteiger partial charge in [-0.3, -0.25) is 24.0 Å². The van der Waals surface area contributed by atoms with E-state index in [1.54, 1.807) is 54.6 Å². The molecule has 2 aliphatic rings. The summed E-state index contributed by atoms with van der Waals surface area (Å²) in [5, 5.41) is 24.6. The Balaban J connectivity index is 1.58. The van der Waals surface area contributed by atoms with Gasteiger partial charge in [-0.05, 0) is 47.5 Å². The lowest BCUT2D eigenvalue weighted by Gasteiger charge is -2.23. The van der Waals surface area contributed by atoms with Crippen molar-refractivity contribution in [1.82, 2.24) is 21.3 Å². The summed E-state index contributed by atoms with van der Waals surface area (Å²) < 4.78 is 0. The number of benzene rings is 2. The summed E-state index contributed by atoms with van der Waals surface area (Å²) in [6.07, 6.45) is 0.264. The Labute approximate surface area is 257 Å². The number of nitrogens with one attached hydrogen (secondary N) is 5. The number of anilines is 1. The minimum Gasteiger partial charge on any atom is -0.480 e. The van der Waals surface area contributed by atoms with Crippen LogP contribution in [-0.2, 0) is 41.6 Å². The molecule has 6 N–H and O–H groups in total. The number of carboxylic acids is 1. The van der Waals surface area contributed by atoms with Crippen LogP contribution in [-0.4, -0.2) is 59.2 Å². The van der Waals surface area contributed by atoms with Crippen LogP contribution in [0.4, 0.5) is 5.69 Å². The van der Waals surface area contributed by atoms with Crippen LogP contribution in [0, 0.1) is 0 Å². The van der Waals surface area contributed by atoms with Crippen LogP contribution in [0.1, 0.15) is 41.3 Å². The predicted molar refractivity (Wildman–Crippen MR) is 162 cm³/mol. The maximum Gasteiger partial charge on any atom is 0.326 e. The molecule has 0 unspecified atom stereocenters. The van der Waals surface area contributed by atoms with Gasteiger partial charge in [0.1, 0.15) is 18.1 Å². The second kappa shape index (κ2) is 15.4. The molecule has 0 radical (unpaired) electrons. The smallest absolute Gasteiger partial charge is 0.326 e. The number of aliphatic carboxylic acids is 1. The lowest BCUT2D eigenvalue weighted by Crippen LogP contribution is -2.51. The third-order valence-corrected chi connectivity index (χ3v) is 7.81. The third-order valence-electron chi connectivity index (χ3n) is 6.91. The van der Waals surface area contributed by atoms with E-state index in [0.29, 0.717) is 17.7 Å². The van der Waals surface area contributed by atoms with Gasteiger partial charge in [-0.1, -0.05) is 48.5 Å². The second-order valence-electron chi connectivity index (χ2n) is 10.2. The van der Waals surface area contributed by atoms with Crippen LogP contribution in [0.15, 0.2) is 72.1 Å². The van der Waals surface area contributed by atoms with Gasteiger partial charge in [-0.25, -0.2) is 4.79 Å². The summed E-state index contributed by atoms with van der Waals surface area (Å²) >= 11 is 1.40. The van der Waals surface area contributed by atoms with Crippen molar-refractivity contribution in [3.8, 4) is 0 Å². The number of fused-ring (bicyclic) bond motifs is 19. The summed E-state index contributed by atoms with van der Waals surface area (Å²) in [5.41, 5.74) is 1.70. The molecule has 0 fully saturated rings. The van der Waals surface area contributed by atoms with Crippen molar-refractivity contribution in [2.75, 3.05) is 11.9 Å². The zero-order valence-electron chi connectivity index (χ0n) is 23.7. The van der Waals surface area contributed by atoms with Crippen molar-refractivity contribution in [3.05, 3.63) is 88.1 Å². The zero-order chi connectivity index (χ0) is 31.5. The van der Waals surface area contributed by atoms with Gasteiger partial charge in [0.05, 0.1) is 6.54 Å². The molecule has 3 aromatic rings. The van der Waals surface area contributed by atoms with Crippen LogP contribution >= 0.6 is 11.3 Å². The highest BCUT2D eigenvalue weighted by Gasteiger charge is 2.29. The Bertz CT molecular complexity index is 1480. The fourth-order valence-corrected chi connectivity index (χ4v) is 5.33. The van der Waals surface area contributed by atoms with E-state index in [9.17, 15) is 33.9 Å². The molecule has 2 aliphatic heterocycles. The normalized spacial score (nSPS) is 21.0. The fourth-order valence-electron chi connectivity index (χ4n) is 4.58. The minimum atomic E-state index is -1.25. The molecule has 44 heavy (non-hydrogen) atoms. The van der Waals surface area contributed by atoms with Crippen LogP contribution in [0.3, 0.4) is 0 Å². The van der Waals surface area contributed by atoms with Gasteiger partial charge in [-0.15, -0.1) is 11.3 Å². The average Bonchev–Trinajstić information content (AvgIpc) is 3.53. The van der Waals surface area contributed by atoms with Crippen molar-refractivity contribution in [1.29, 1.82) is 0 Å². The highest BCUT2D eigenvalue weighted by atomic mass is 32.1. The SMILES string of the molecule is O=C1CCC(=O)N[C@H](Cc2cccs2)C(=O)NCC(=O)N[C@H](c2ccccc2)C(=O)N[C@H](C(=O)O)CCc2ccc(cc2)N1. The van der Waals surface area contributed by atoms with E-state index < -0.39 is 60.2 Å². The summed E-state index contributed by atoms with van der Waals surface area (Å²) in [6, 6.07) is 15.2. The number of carbonyl (C=O) groups is 6. The number of aryl methyl sites for hydroxylation is 1. The number of hydrogen-bond donors (Lipinski definition) is 6. The molecule has 5 amide bonds. The summed E-state index contributed by atoms with van der Waals surface area (Å²) in [7, 11) is 0. The molecular weight excluding hydrogens is 586 g/mol. The quantitative estimate of drug-likeness (QED) is 0.240. The number of amides is 5.